The van der Waals surface area contributed by atoms with Crippen molar-refractivity contribution in [3.05, 3.63) is 53.6 Å². The second-order valence-electron chi connectivity index (χ2n) is 6.46. The van der Waals surface area contributed by atoms with E-state index in [0.29, 0.717) is 19.4 Å². The Morgan fingerprint density at radius 3 is 2.63 bits per heavy atom. The molecule has 2 amide bonds. The molecule has 0 radical (unpaired) electrons. The minimum absolute atomic E-state index is 0.128. The van der Waals surface area contributed by atoms with Crippen LogP contribution in [0.3, 0.4) is 0 Å². The molecule has 0 aromatic heterocycles. The number of hydrogen-bond donors (Lipinski definition) is 1. The topological polar surface area (TPSA) is 67.9 Å². The molecule has 2 aromatic rings. The van der Waals surface area contributed by atoms with Gasteiger partial charge in [-0.15, -0.1) is 0 Å². The first-order valence-electron chi connectivity index (χ1n) is 8.91. The van der Waals surface area contributed by atoms with Crippen molar-refractivity contribution >= 4 is 17.5 Å². The number of methoxy groups -OCH3 is 2. The van der Waals surface area contributed by atoms with E-state index in [9.17, 15) is 9.59 Å². The van der Waals surface area contributed by atoms with Crippen LogP contribution in [-0.4, -0.2) is 38.6 Å². The summed E-state index contributed by atoms with van der Waals surface area (Å²) in [5, 5.41) is 2.95. The number of fused-ring (bicyclic) bond motifs is 1. The Kier molecular flexibility index (Phi) is 5.64. The highest BCUT2D eigenvalue weighted by atomic mass is 16.5. The van der Waals surface area contributed by atoms with Gasteiger partial charge in [0, 0.05) is 31.6 Å². The maximum absolute atomic E-state index is 12.7. The van der Waals surface area contributed by atoms with Gasteiger partial charge in [0.1, 0.15) is 17.5 Å². The van der Waals surface area contributed by atoms with E-state index < -0.39 is 6.04 Å². The van der Waals surface area contributed by atoms with Crippen LogP contribution in [0, 0.1) is 0 Å². The Hall–Kier alpha value is -3.02. The van der Waals surface area contributed by atoms with Crippen molar-refractivity contribution in [2.45, 2.75) is 25.8 Å². The molecule has 1 aliphatic heterocycles. The Balaban J connectivity index is 1.64. The molecule has 0 spiro atoms. The first kappa shape index (κ1) is 18.8. The lowest BCUT2D eigenvalue weighted by atomic mass is 10.1. The highest BCUT2D eigenvalue weighted by Crippen LogP contribution is 2.32. The Morgan fingerprint density at radius 1 is 1.15 bits per heavy atom. The van der Waals surface area contributed by atoms with E-state index in [4.69, 9.17) is 9.47 Å². The third kappa shape index (κ3) is 3.89. The van der Waals surface area contributed by atoms with Crippen molar-refractivity contribution in [3.63, 3.8) is 0 Å². The van der Waals surface area contributed by atoms with Crippen molar-refractivity contribution in [2.24, 2.45) is 0 Å². The average Bonchev–Trinajstić information content (AvgIpc) is 3.08. The number of anilines is 1. The number of rotatable bonds is 6. The van der Waals surface area contributed by atoms with Crippen LogP contribution in [0.2, 0.25) is 0 Å². The molecule has 1 atom stereocenters. The Labute approximate surface area is 159 Å². The molecule has 6 nitrogen and oxygen atoms in total. The molecule has 1 aliphatic rings. The van der Waals surface area contributed by atoms with Crippen molar-refractivity contribution in [2.75, 3.05) is 25.7 Å². The SMILES string of the molecule is COc1ccc(CCNC(=O)[C@@H]2Cc3ccccc3N2C(C)=O)c(OC)c1. The molecule has 1 N–H and O–H groups in total. The van der Waals surface area contributed by atoms with Gasteiger partial charge >= 0.3 is 0 Å². The van der Waals surface area contributed by atoms with Gasteiger partial charge in [0.05, 0.1) is 14.2 Å². The fourth-order valence-electron chi connectivity index (χ4n) is 3.48. The minimum Gasteiger partial charge on any atom is -0.497 e. The molecule has 27 heavy (non-hydrogen) atoms. The summed E-state index contributed by atoms with van der Waals surface area (Å²) in [5.74, 6) is 1.17. The first-order chi connectivity index (χ1) is 13.0. The lowest BCUT2D eigenvalue weighted by molar-refractivity contribution is -0.125. The van der Waals surface area contributed by atoms with Crippen molar-refractivity contribution < 1.29 is 19.1 Å². The van der Waals surface area contributed by atoms with Gasteiger partial charge in [0.15, 0.2) is 0 Å². The summed E-state index contributed by atoms with van der Waals surface area (Å²) in [7, 11) is 3.21. The van der Waals surface area contributed by atoms with Crippen LogP contribution >= 0.6 is 0 Å². The Bertz CT molecular complexity index is 850. The summed E-state index contributed by atoms with van der Waals surface area (Å²) in [6.45, 7) is 1.95. The molecule has 0 unspecified atom stereocenters. The van der Waals surface area contributed by atoms with Crippen LogP contribution in [0.25, 0.3) is 0 Å². The second kappa shape index (κ2) is 8.12. The van der Waals surface area contributed by atoms with E-state index in [1.54, 1.807) is 19.1 Å². The summed E-state index contributed by atoms with van der Waals surface area (Å²) in [4.78, 5) is 26.4. The van der Waals surface area contributed by atoms with Crippen LogP contribution < -0.4 is 19.7 Å². The first-order valence-corrected chi connectivity index (χ1v) is 8.91. The number of carbonyl (C=O) groups excluding carboxylic acids is 2. The highest BCUT2D eigenvalue weighted by Gasteiger charge is 2.36. The van der Waals surface area contributed by atoms with Crippen LogP contribution in [0.5, 0.6) is 11.5 Å². The number of nitrogens with one attached hydrogen (secondary N) is 1. The third-order valence-electron chi connectivity index (χ3n) is 4.81. The third-order valence-corrected chi connectivity index (χ3v) is 4.81. The number of nitrogens with zero attached hydrogens (tertiary/aromatic N) is 1. The van der Waals surface area contributed by atoms with Gasteiger partial charge in [-0.25, -0.2) is 0 Å². The molecule has 0 saturated carbocycles. The number of ether oxygens (including phenoxy) is 2. The zero-order chi connectivity index (χ0) is 19.4. The molecule has 1 heterocycles. The average molecular weight is 368 g/mol. The van der Waals surface area contributed by atoms with E-state index in [1.165, 1.54) is 6.92 Å². The largest absolute Gasteiger partial charge is 0.497 e. The summed E-state index contributed by atoms with van der Waals surface area (Å²) in [5.41, 5.74) is 2.82. The van der Waals surface area contributed by atoms with Gasteiger partial charge in [-0.2, -0.15) is 0 Å². The van der Waals surface area contributed by atoms with Crippen LogP contribution in [0.15, 0.2) is 42.5 Å². The molecule has 0 fully saturated rings. The van der Waals surface area contributed by atoms with Crippen LogP contribution in [0.4, 0.5) is 5.69 Å². The molecule has 142 valence electrons. The number of benzene rings is 2. The van der Waals surface area contributed by atoms with Crippen LogP contribution in [0.1, 0.15) is 18.1 Å². The van der Waals surface area contributed by atoms with Gasteiger partial charge in [-0.3, -0.25) is 14.5 Å². The lowest BCUT2D eigenvalue weighted by Crippen LogP contribution is -2.47. The van der Waals surface area contributed by atoms with Gasteiger partial charge in [0.25, 0.3) is 0 Å². The van der Waals surface area contributed by atoms with E-state index in [-0.39, 0.29) is 11.8 Å². The smallest absolute Gasteiger partial charge is 0.243 e. The van der Waals surface area contributed by atoms with Gasteiger partial charge in [-0.1, -0.05) is 24.3 Å². The van der Waals surface area contributed by atoms with E-state index in [2.05, 4.69) is 5.32 Å². The van der Waals surface area contributed by atoms with E-state index in [1.807, 2.05) is 42.5 Å². The molecule has 0 saturated heterocycles. The monoisotopic (exact) mass is 368 g/mol. The number of para-hydroxylation sites is 1. The molecular weight excluding hydrogens is 344 g/mol. The summed E-state index contributed by atoms with van der Waals surface area (Å²) in [6.07, 6.45) is 1.16. The zero-order valence-corrected chi connectivity index (χ0v) is 15.8. The highest BCUT2D eigenvalue weighted by molar-refractivity contribution is 6.02. The predicted molar refractivity (Wildman–Crippen MR) is 103 cm³/mol. The molecular formula is C21H24N2O4. The quantitative estimate of drug-likeness (QED) is 0.850. The molecule has 2 aromatic carbocycles. The zero-order valence-electron chi connectivity index (χ0n) is 15.8. The van der Waals surface area contributed by atoms with Gasteiger partial charge < -0.3 is 14.8 Å². The van der Waals surface area contributed by atoms with Crippen molar-refractivity contribution in [1.82, 2.24) is 5.32 Å². The van der Waals surface area contributed by atoms with Crippen molar-refractivity contribution in [3.8, 4) is 11.5 Å². The second-order valence-corrected chi connectivity index (χ2v) is 6.46. The van der Waals surface area contributed by atoms with Crippen LogP contribution in [-0.2, 0) is 22.4 Å². The van der Waals surface area contributed by atoms with Gasteiger partial charge in [-0.05, 0) is 29.7 Å². The number of amides is 2. The maximum atomic E-state index is 12.7. The predicted octanol–water partition coefficient (Wildman–Crippen LogP) is 2.34. The molecule has 0 bridgehead atoms. The van der Waals surface area contributed by atoms with E-state index in [0.717, 1.165) is 28.3 Å². The summed E-state index contributed by atoms with van der Waals surface area (Å²) >= 11 is 0. The van der Waals surface area contributed by atoms with Gasteiger partial charge in [0.2, 0.25) is 11.8 Å². The normalized spacial score (nSPS) is 15.2. The Morgan fingerprint density at radius 2 is 1.93 bits per heavy atom. The lowest BCUT2D eigenvalue weighted by Gasteiger charge is -2.23. The number of hydrogen-bond acceptors (Lipinski definition) is 4. The summed E-state index contributed by atoms with van der Waals surface area (Å²) < 4.78 is 10.6. The van der Waals surface area contributed by atoms with E-state index >= 15 is 0 Å². The number of carbonyl (C=O) groups is 2. The fraction of sp³-hybridized carbons (Fsp3) is 0.333. The molecule has 6 heteroatoms. The minimum atomic E-state index is -0.502. The molecule has 0 aliphatic carbocycles. The maximum Gasteiger partial charge on any atom is 0.243 e. The standard InChI is InChI=1S/C21H24N2O4/c1-14(24)23-18-7-5-4-6-16(18)12-19(23)21(25)22-11-10-15-8-9-17(26-2)13-20(15)27-3/h4-9,13,19H,10-12H2,1-3H3,(H,22,25)/t19-/m0/s1. The fourth-order valence-corrected chi connectivity index (χ4v) is 3.48. The summed E-state index contributed by atoms with van der Waals surface area (Å²) in [6, 6.07) is 12.8. The molecule has 3 rings (SSSR count). The van der Waals surface area contributed by atoms with Crippen molar-refractivity contribution in [1.29, 1.82) is 0 Å².